The summed E-state index contributed by atoms with van der Waals surface area (Å²) in [5.41, 5.74) is 1.82. The van der Waals surface area contributed by atoms with Gasteiger partial charge in [-0.1, -0.05) is 52.6 Å². The van der Waals surface area contributed by atoms with Crippen molar-refractivity contribution in [2.45, 2.75) is 13.0 Å². The van der Waals surface area contributed by atoms with E-state index in [2.05, 4.69) is 10.1 Å². The third-order valence-corrected chi connectivity index (χ3v) is 6.12. The topological polar surface area (TPSA) is 86.9 Å². The first-order valence-electron chi connectivity index (χ1n) is 10.1. The first-order chi connectivity index (χ1) is 15.3. The zero-order valence-corrected chi connectivity index (χ0v) is 18.8. The van der Waals surface area contributed by atoms with Crippen molar-refractivity contribution < 1.29 is 19.2 Å². The summed E-state index contributed by atoms with van der Waals surface area (Å²) in [7, 11) is 0. The molecule has 0 spiro atoms. The van der Waals surface area contributed by atoms with Crippen LogP contribution < -0.4 is 0 Å². The van der Waals surface area contributed by atoms with Crippen molar-refractivity contribution in [3.63, 3.8) is 0 Å². The van der Waals surface area contributed by atoms with Gasteiger partial charge in [0.25, 0.3) is 5.91 Å². The van der Waals surface area contributed by atoms with E-state index in [1.807, 2.05) is 48.5 Å². The smallest absolute Gasteiger partial charge is 0.341 e. The Labute approximate surface area is 195 Å². The molecule has 9 heteroatoms. The van der Waals surface area contributed by atoms with Gasteiger partial charge in [0.15, 0.2) is 5.69 Å². The highest BCUT2D eigenvalue weighted by Gasteiger charge is 2.32. The number of aromatic carboxylic acids is 1. The number of piperazine rings is 1. The van der Waals surface area contributed by atoms with Gasteiger partial charge in [0.05, 0.1) is 6.04 Å². The molecule has 1 amide bonds. The molecule has 1 aromatic heterocycles. The molecule has 0 unspecified atom stereocenters. The van der Waals surface area contributed by atoms with E-state index in [1.54, 1.807) is 4.90 Å². The van der Waals surface area contributed by atoms with E-state index in [-0.39, 0.29) is 23.1 Å². The summed E-state index contributed by atoms with van der Waals surface area (Å²) in [5, 5.41) is 14.4. The van der Waals surface area contributed by atoms with Crippen molar-refractivity contribution in [1.29, 1.82) is 0 Å². The van der Waals surface area contributed by atoms with Crippen LogP contribution in [0.1, 0.15) is 43.8 Å². The Bertz CT molecular complexity index is 1080. The summed E-state index contributed by atoms with van der Waals surface area (Å²) in [6.45, 7) is 3.54. The molecular weight excluding hydrogens is 453 g/mol. The summed E-state index contributed by atoms with van der Waals surface area (Å²) in [6.07, 6.45) is 0. The van der Waals surface area contributed by atoms with Crippen molar-refractivity contribution in [2.24, 2.45) is 0 Å². The predicted octanol–water partition coefficient (Wildman–Crippen LogP) is 4.54. The van der Waals surface area contributed by atoms with E-state index in [1.165, 1.54) is 6.92 Å². The molecule has 2 aromatic carbocycles. The molecule has 1 N–H and O–H groups in total. The van der Waals surface area contributed by atoms with Crippen LogP contribution >= 0.6 is 23.2 Å². The lowest BCUT2D eigenvalue weighted by Gasteiger charge is -2.39. The van der Waals surface area contributed by atoms with E-state index < -0.39 is 11.9 Å². The number of hydrogen-bond donors (Lipinski definition) is 1. The Hall–Kier alpha value is -2.87. The molecule has 7 nitrogen and oxygen atoms in total. The van der Waals surface area contributed by atoms with Crippen LogP contribution in [0.4, 0.5) is 0 Å². The van der Waals surface area contributed by atoms with Gasteiger partial charge in [0.2, 0.25) is 0 Å². The zero-order chi connectivity index (χ0) is 22.8. The average Bonchev–Trinajstić information content (AvgIpc) is 3.18. The number of halogens is 2. The second-order valence-electron chi connectivity index (χ2n) is 7.60. The van der Waals surface area contributed by atoms with Crippen LogP contribution in [0.15, 0.2) is 53.1 Å². The van der Waals surface area contributed by atoms with Gasteiger partial charge in [-0.05, 0) is 42.3 Å². The predicted molar refractivity (Wildman–Crippen MR) is 120 cm³/mol. The van der Waals surface area contributed by atoms with Crippen LogP contribution in [0.5, 0.6) is 0 Å². The monoisotopic (exact) mass is 473 g/mol. The Balaban J connectivity index is 1.55. The SMILES string of the molecule is Cc1onc(C(=O)N2CCN(C(c3ccc(Cl)cc3)c3ccc(Cl)cc3)CC2)c1C(=O)O. The second-order valence-corrected chi connectivity index (χ2v) is 8.47. The van der Waals surface area contributed by atoms with E-state index >= 15 is 0 Å². The van der Waals surface area contributed by atoms with Crippen LogP contribution in [-0.4, -0.2) is 58.1 Å². The maximum Gasteiger partial charge on any atom is 0.341 e. The van der Waals surface area contributed by atoms with E-state index in [9.17, 15) is 14.7 Å². The molecule has 1 aliphatic heterocycles. The van der Waals surface area contributed by atoms with E-state index in [0.717, 1.165) is 11.1 Å². The third kappa shape index (κ3) is 4.50. The number of carboxylic acid groups (broad SMARTS) is 1. The second kappa shape index (κ2) is 9.32. The molecule has 1 saturated heterocycles. The van der Waals surface area contributed by atoms with Crippen LogP contribution in [0.2, 0.25) is 10.0 Å². The fourth-order valence-electron chi connectivity index (χ4n) is 4.01. The lowest BCUT2D eigenvalue weighted by Crippen LogP contribution is -2.50. The van der Waals surface area contributed by atoms with Crippen molar-refractivity contribution in [2.75, 3.05) is 26.2 Å². The fraction of sp³-hybridized carbons (Fsp3) is 0.261. The van der Waals surface area contributed by atoms with Crippen LogP contribution in [-0.2, 0) is 0 Å². The van der Waals surface area contributed by atoms with Crippen LogP contribution in [0, 0.1) is 6.92 Å². The standard InChI is InChI=1S/C23H21Cl2N3O4/c1-14-19(23(30)31)20(26-32-14)22(29)28-12-10-27(11-13-28)21(15-2-6-17(24)7-3-15)16-4-8-18(25)9-5-16/h2-9,21H,10-13H2,1H3,(H,30,31). The molecule has 0 aliphatic carbocycles. The fourth-order valence-corrected chi connectivity index (χ4v) is 4.26. The molecule has 4 rings (SSSR count). The van der Waals surface area contributed by atoms with Gasteiger partial charge in [-0.15, -0.1) is 0 Å². The van der Waals surface area contributed by atoms with Gasteiger partial charge < -0.3 is 14.5 Å². The molecule has 0 atom stereocenters. The number of aromatic nitrogens is 1. The number of aryl methyl sites for hydroxylation is 1. The summed E-state index contributed by atoms with van der Waals surface area (Å²) in [6, 6.07) is 15.4. The molecule has 3 aromatic rings. The van der Waals surface area contributed by atoms with Gasteiger partial charge in [0.1, 0.15) is 11.3 Å². The van der Waals surface area contributed by atoms with Crippen molar-refractivity contribution in [3.8, 4) is 0 Å². The first kappa shape index (κ1) is 22.3. The average molecular weight is 474 g/mol. The Morgan fingerprint density at radius 2 is 1.44 bits per heavy atom. The van der Waals surface area contributed by atoms with Crippen LogP contribution in [0.3, 0.4) is 0 Å². The van der Waals surface area contributed by atoms with Gasteiger partial charge in [-0.25, -0.2) is 4.79 Å². The molecule has 32 heavy (non-hydrogen) atoms. The third-order valence-electron chi connectivity index (χ3n) is 5.62. The minimum Gasteiger partial charge on any atom is -0.477 e. The van der Waals surface area contributed by atoms with E-state index in [4.69, 9.17) is 27.7 Å². The number of carboxylic acids is 1. The van der Waals surface area contributed by atoms with Crippen molar-refractivity contribution in [1.82, 2.24) is 15.0 Å². The lowest BCUT2D eigenvalue weighted by atomic mass is 9.96. The van der Waals surface area contributed by atoms with Crippen LogP contribution in [0.25, 0.3) is 0 Å². The van der Waals surface area contributed by atoms with Crippen molar-refractivity contribution in [3.05, 3.63) is 86.7 Å². The molecule has 1 aliphatic rings. The Kier molecular flexibility index (Phi) is 6.50. The minimum absolute atomic E-state index is 0.0364. The number of amides is 1. The molecule has 1 fully saturated rings. The summed E-state index contributed by atoms with van der Waals surface area (Å²) in [5.74, 6) is -1.55. The zero-order valence-electron chi connectivity index (χ0n) is 17.3. The van der Waals surface area contributed by atoms with E-state index in [0.29, 0.717) is 36.2 Å². The maximum absolute atomic E-state index is 12.9. The number of carbonyl (C=O) groups excluding carboxylic acids is 1. The molecule has 0 bridgehead atoms. The Morgan fingerprint density at radius 3 is 1.91 bits per heavy atom. The molecule has 2 heterocycles. The van der Waals surface area contributed by atoms with Gasteiger partial charge in [-0.3, -0.25) is 9.69 Å². The minimum atomic E-state index is -1.23. The molecule has 0 saturated carbocycles. The molecule has 166 valence electrons. The first-order valence-corrected chi connectivity index (χ1v) is 10.8. The summed E-state index contributed by atoms with van der Waals surface area (Å²) in [4.78, 5) is 28.3. The Morgan fingerprint density at radius 1 is 0.938 bits per heavy atom. The highest BCUT2D eigenvalue weighted by atomic mass is 35.5. The maximum atomic E-state index is 12.9. The number of benzene rings is 2. The largest absolute Gasteiger partial charge is 0.477 e. The number of nitrogens with zero attached hydrogens (tertiary/aromatic N) is 3. The highest BCUT2D eigenvalue weighted by Crippen LogP contribution is 2.31. The molecule has 0 radical (unpaired) electrons. The van der Waals surface area contributed by atoms with Gasteiger partial charge in [-0.2, -0.15) is 0 Å². The number of carbonyl (C=O) groups is 2. The summed E-state index contributed by atoms with van der Waals surface area (Å²) < 4.78 is 4.95. The highest BCUT2D eigenvalue weighted by molar-refractivity contribution is 6.30. The number of hydrogen-bond acceptors (Lipinski definition) is 5. The van der Waals surface area contributed by atoms with Gasteiger partial charge >= 0.3 is 5.97 Å². The summed E-state index contributed by atoms with van der Waals surface area (Å²) >= 11 is 12.2. The van der Waals surface area contributed by atoms with Crippen molar-refractivity contribution >= 4 is 35.1 Å². The van der Waals surface area contributed by atoms with Gasteiger partial charge in [0, 0.05) is 36.2 Å². The molecular formula is C23H21Cl2N3O4. The lowest BCUT2D eigenvalue weighted by molar-refractivity contribution is 0.0575. The quantitative estimate of drug-likeness (QED) is 0.585. The normalized spacial score (nSPS) is 14.7. The number of rotatable bonds is 5.